The fourth-order valence-corrected chi connectivity index (χ4v) is 3.26. The number of carbonyl (C=O) groups is 1. The normalized spacial score (nSPS) is 10.5. The third kappa shape index (κ3) is 2.85. The van der Waals surface area contributed by atoms with E-state index >= 15 is 0 Å². The van der Waals surface area contributed by atoms with Crippen LogP contribution in [-0.4, -0.2) is 5.78 Å². The van der Waals surface area contributed by atoms with E-state index in [4.69, 9.17) is 0 Å². The highest BCUT2D eigenvalue weighted by atomic mass is 79.9. The van der Waals surface area contributed by atoms with Gasteiger partial charge in [-0.05, 0) is 45.4 Å². The first-order valence-corrected chi connectivity index (χ1v) is 7.26. The van der Waals surface area contributed by atoms with Gasteiger partial charge in [-0.1, -0.05) is 31.5 Å². The number of thiophene rings is 1. The quantitative estimate of drug-likeness (QED) is 0.749. The summed E-state index contributed by atoms with van der Waals surface area (Å²) in [7, 11) is 0. The highest BCUT2D eigenvalue weighted by Gasteiger charge is 2.13. The highest BCUT2D eigenvalue weighted by molar-refractivity contribution is 9.10. The molecule has 0 bridgehead atoms. The van der Waals surface area contributed by atoms with Gasteiger partial charge in [-0.3, -0.25) is 4.79 Å². The number of carbonyl (C=O) groups excluding carboxylic acids is 1. The first-order valence-electron chi connectivity index (χ1n) is 5.59. The molecule has 0 spiro atoms. The SMILES string of the molecule is CCCc1cccc(C(=O)c2sccc2Br)c1. The van der Waals surface area contributed by atoms with Gasteiger partial charge in [0.2, 0.25) is 5.78 Å². The van der Waals surface area contributed by atoms with E-state index in [1.807, 2.05) is 29.6 Å². The fourth-order valence-electron chi connectivity index (χ4n) is 1.74. The van der Waals surface area contributed by atoms with Crippen LogP contribution < -0.4 is 0 Å². The van der Waals surface area contributed by atoms with Gasteiger partial charge in [0.15, 0.2) is 0 Å². The topological polar surface area (TPSA) is 17.1 Å². The second-order valence-corrected chi connectivity index (χ2v) is 5.65. The van der Waals surface area contributed by atoms with E-state index in [0.29, 0.717) is 0 Å². The predicted octanol–water partition coefficient (Wildman–Crippen LogP) is 4.69. The molecule has 88 valence electrons. The Bertz CT molecular complexity index is 531. The molecule has 0 saturated heterocycles. The van der Waals surface area contributed by atoms with Crippen molar-refractivity contribution in [1.82, 2.24) is 0 Å². The molecule has 1 aromatic heterocycles. The summed E-state index contributed by atoms with van der Waals surface area (Å²) in [6.45, 7) is 2.14. The maximum Gasteiger partial charge on any atom is 0.204 e. The van der Waals surface area contributed by atoms with E-state index in [2.05, 4.69) is 28.9 Å². The molecule has 0 N–H and O–H groups in total. The molecule has 1 nitrogen and oxygen atoms in total. The number of ketones is 1. The summed E-state index contributed by atoms with van der Waals surface area (Å²) in [5, 5.41) is 1.92. The molecule has 0 atom stereocenters. The Morgan fingerprint density at radius 3 is 2.82 bits per heavy atom. The second kappa shape index (κ2) is 5.61. The van der Waals surface area contributed by atoms with Crippen LogP contribution in [0.2, 0.25) is 0 Å². The van der Waals surface area contributed by atoms with E-state index < -0.39 is 0 Å². The molecule has 0 aliphatic rings. The number of benzene rings is 1. The average molecular weight is 309 g/mol. The molecule has 0 fully saturated rings. The minimum absolute atomic E-state index is 0.102. The van der Waals surface area contributed by atoms with Crippen molar-refractivity contribution >= 4 is 33.0 Å². The Labute approximate surface area is 114 Å². The smallest absolute Gasteiger partial charge is 0.204 e. The van der Waals surface area contributed by atoms with Crippen LogP contribution in [0, 0.1) is 0 Å². The molecular formula is C14H13BrOS. The monoisotopic (exact) mass is 308 g/mol. The fraction of sp³-hybridized carbons (Fsp3) is 0.214. The van der Waals surface area contributed by atoms with Crippen LogP contribution in [0.3, 0.4) is 0 Å². The van der Waals surface area contributed by atoms with Crippen molar-refractivity contribution < 1.29 is 4.79 Å². The summed E-state index contributed by atoms with van der Waals surface area (Å²) in [6.07, 6.45) is 2.12. The lowest BCUT2D eigenvalue weighted by Gasteiger charge is -2.03. The lowest BCUT2D eigenvalue weighted by atomic mass is 10.0. The molecule has 1 aromatic carbocycles. The maximum absolute atomic E-state index is 12.3. The van der Waals surface area contributed by atoms with E-state index in [-0.39, 0.29) is 5.78 Å². The highest BCUT2D eigenvalue weighted by Crippen LogP contribution is 2.25. The van der Waals surface area contributed by atoms with Crippen molar-refractivity contribution in [2.75, 3.05) is 0 Å². The third-order valence-corrected chi connectivity index (χ3v) is 4.39. The molecule has 0 aliphatic carbocycles. The van der Waals surface area contributed by atoms with Crippen molar-refractivity contribution in [3.8, 4) is 0 Å². The molecule has 2 aromatic rings. The van der Waals surface area contributed by atoms with Crippen molar-refractivity contribution in [1.29, 1.82) is 0 Å². The number of aryl methyl sites for hydroxylation is 1. The Kier molecular flexibility index (Phi) is 4.13. The van der Waals surface area contributed by atoms with Gasteiger partial charge in [0.25, 0.3) is 0 Å². The van der Waals surface area contributed by atoms with Crippen LogP contribution in [0.25, 0.3) is 0 Å². The van der Waals surface area contributed by atoms with Crippen molar-refractivity contribution in [3.05, 3.63) is 56.2 Å². The van der Waals surface area contributed by atoms with E-state index in [1.165, 1.54) is 16.9 Å². The van der Waals surface area contributed by atoms with E-state index in [0.717, 1.165) is 27.8 Å². The Morgan fingerprint density at radius 1 is 1.35 bits per heavy atom. The molecule has 3 heteroatoms. The van der Waals surface area contributed by atoms with Gasteiger partial charge < -0.3 is 0 Å². The standard InChI is InChI=1S/C14H13BrOS/c1-2-4-10-5-3-6-11(9-10)13(16)14-12(15)7-8-17-14/h3,5-9H,2,4H2,1H3. The first-order chi connectivity index (χ1) is 8.22. The summed E-state index contributed by atoms with van der Waals surface area (Å²) in [4.78, 5) is 13.0. The van der Waals surface area contributed by atoms with E-state index in [1.54, 1.807) is 0 Å². The van der Waals surface area contributed by atoms with Crippen molar-refractivity contribution in [3.63, 3.8) is 0 Å². The van der Waals surface area contributed by atoms with Gasteiger partial charge >= 0.3 is 0 Å². The van der Waals surface area contributed by atoms with Gasteiger partial charge in [-0.15, -0.1) is 11.3 Å². The van der Waals surface area contributed by atoms with Crippen LogP contribution in [-0.2, 0) is 6.42 Å². The zero-order chi connectivity index (χ0) is 12.3. The van der Waals surface area contributed by atoms with Gasteiger partial charge in [0.1, 0.15) is 0 Å². The van der Waals surface area contributed by atoms with Gasteiger partial charge in [0, 0.05) is 10.0 Å². The molecule has 0 unspecified atom stereocenters. The van der Waals surface area contributed by atoms with Crippen LogP contribution in [0.4, 0.5) is 0 Å². The molecule has 0 aliphatic heterocycles. The van der Waals surface area contributed by atoms with Gasteiger partial charge in [0.05, 0.1) is 4.88 Å². The zero-order valence-corrected chi connectivity index (χ0v) is 12.0. The lowest BCUT2D eigenvalue weighted by molar-refractivity contribution is 0.104. The Morgan fingerprint density at radius 2 is 2.18 bits per heavy atom. The van der Waals surface area contributed by atoms with Gasteiger partial charge in [-0.2, -0.15) is 0 Å². The number of rotatable bonds is 4. The summed E-state index contributed by atoms with van der Waals surface area (Å²) < 4.78 is 0.883. The second-order valence-electron chi connectivity index (χ2n) is 3.88. The minimum Gasteiger partial charge on any atom is -0.288 e. The minimum atomic E-state index is 0.102. The maximum atomic E-state index is 12.3. The summed E-state index contributed by atoms with van der Waals surface area (Å²) in [5.41, 5.74) is 2.00. The van der Waals surface area contributed by atoms with Crippen LogP contribution in [0.15, 0.2) is 40.2 Å². The predicted molar refractivity (Wildman–Crippen MR) is 75.9 cm³/mol. The molecule has 17 heavy (non-hydrogen) atoms. The van der Waals surface area contributed by atoms with Crippen molar-refractivity contribution in [2.24, 2.45) is 0 Å². The van der Waals surface area contributed by atoms with Crippen LogP contribution >= 0.6 is 27.3 Å². The van der Waals surface area contributed by atoms with Crippen LogP contribution in [0.1, 0.15) is 34.1 Å². The van der Waals surface area contributed by atoms with Crippen molar-refractivity contribution in [2.45, 2.75) is 19.8 Å². The zero-order valence-electron chi connectivity index (χ0n) is 9.57. The number of hydrogen-bond acceptors (Lipinski definition) is 2. The van der Waals surface area contributed by atoms with E-state index in [9.17, 15) is 4.79 Å². The Hall–Kier alpha value is -0.930. The molecule has 0 radical (unpaired) electrons. The molecule has 1 heterocycles. The lowest BCUT2D eigenvalue weighted by Crippen LogP contribution is -2.00. The number of halogens is 1. The number of hydrogen-bond donors (Lipinski definition) is 0. The van der Waals surface area contributed by atoms with Crippen LogP contribution in [0.5, 0.6) is 0 Å². The largest absolute Gasteiger partial charge is 0.288 e. The first kappa shape index (κ1) is 12.5. The summed E-state index contributed by atoms with van der Waals surface area (Å²) >= 11 is 4.88. The summed E-state index contributed by atoms with van der Waals surface area (Å²) in [5.74, 6) is 0.102. The molecule has 0 amide bonds. The molecule has 2 rings (SSSR count). The third-order valence-electron chi connectivity index (χ3n) is 2.55. The van der Waals surface area contributed by atoms with Gasteiger partial charge in [-0.25, -0.2) is 0 Å². The molecular weight excluding hydrogens is 296 g/mol. The summed E-state index contributed by atoms with van der Waals surface area (Å²) in [6, 6.07) is 9.82. The Balaban J connectivity index is 2.31. The average Bonchev–Trinajstić information content (AvgIpc) is 2.75. The molecule has 0 saturated carbocycles.